The number of ether oxygens (including phenoxy) is 3. The number of carbonyl (C=O) groups is 3. The maximum atomic E-state index is 11.6. The zero-order valence-electron chi connectivity index (χ0n) is 29.8. The van der Waals surface area contributed by atoms with Crippen molar-refractivity contribution in [1.82, 2.24) is 0 Å². The van der Waals surface area contributed by atoms with E-state index >= 15 is 0 Å². The number of rotatable bonds is 9. The summed E-state index contributed by atoms with van der Waals surface area (Å²) in [5, 5.41) is 28.5. The molecule has 54 heavy (non-hydrogen) atoms. The molecule has 6 aromatic rings. The van der Waals surface area contributed by atoms with Gasteiger partial charge in [-0.25, -0.2) is 14.4 Å². The van der Waals surface area contributed by atoms with Gasteiger partial charge in [0.2, 0.25) is 0 Å². The van der Waals surface area contributed by atoms with Crippen molar-refractivity contribution in [2.45, 2.75) is 19.3 Å². The number of hydrogen-bond acceptors (Lipinski definition) is 6. The van der Waals surface area contributed by atoms with Crippen LogP contribution in [0.3, 0.4) is 0 Å². The van der Waals surface area contributed by atoms with E-state index in [2.05, 4.69) is 18.2 Å². The molecule has 0 saturated carbocycles. The summed E-state index contributed by atoms with van der Waals surface area (Å²) in [6, 6.07) is 32.7. The molecular formula is C45H36O9. The quantitative estimate of drug-likeness (QED) is 0.133. The van der Waals surface area contributed by atoms with Crippen LogP contribution in [0, 0.1) is 0 Å². The van der Waals surface area contributed by atoms with E-state index in [9.17, 15) is 29.7 Å². The molecule has 0 fully saturated rings. The summed E-state index contributed by atoms with van der Waals surface area (Å²) >= 11 is 0. The van der Waals surface area contributed by atoms with Crippen molar-refractivity contribution in [1.29, 1.82) is 0 Å². The van der Waals surface area contributed by atoms with Gasteiger partial charge in [0.15, 0.2) is 0 Å². The van der Waals surface area contributed by atoms with E-state index in [0.717, 1.165) is 66.8 Å². The highest BCUT2D eigenvalue weighted by atomic mass is 16.5. The third-order valence-electron chi connectivity index (χ3n) is 10.0. The molecule has 0 heterocycles. The van der Waals surface area contributed by atoms with Gasteiger partial charge in [0, 0.05) is 16.7 Å². The van der Waals surface area contributed by atoms with Crippen LogP contribution < -0.4 is 14.2 Å². The molecular weight excluding hydrogens is 684 g/mol. The number of hydrogen-bond donors (Lipinski definition) is 3. The first-order valence-corrected chi connectivity index (χ1v) is 17.2. The van der Waals surface area contributed by atoms with Crippen molar-refractivity contribution in [2.75, 3.05) is 21.3 Å². The van der Waals surface area contributed by atoms with Crippen LogP contribution in [-0.4, -0.2) is 54.6 Å². The Morgan fingerprint density at radius 3 is 0.815 bits per heavy atom. The van der Waals surface area contributed by atoms with E-state index in [4.69, 9.17) is 14.2 Å². The Hall–Kier alpha value is -6.87. The molecule has 270 valence electrons. The molecule has 0 aliphatic heterocycles. The molecule has 0 aromatic heterocycles. The van der Waals surface area contributed by atoms with E-state index in [1.807, 2.05) is 18.2 Å². The molecule has 0 atom stereocenters. The van der Waals surface area contributed by atoms with Gasteiger partial charge in [-0.05, 0) is 142 Å². The highest BCUT2D eigenvalue weighted by Gasteiger charge is 2.23. The molecule has 0 bridgehead atoms. The third-order valence-corrected chi connectivity index (χ3v) is 10.0. The van der Waals surface area contributed by atoms with Gasteiger partial charge in [-0.3, -0.25) is 0 Å². The van der Waals surface area contributed by atoms with Crippen molar-refractivity contribution in [3.05, 3.63) is 159 Å². The second kappa shape index (κ2) is 14.6. The van der Waals surface area contributed by atoms with Crippen LogP contribution in [0.2, 0.25) is 0 Å². The summed E-state index contributed by atoms with van der Waals surface area (Å²) in [5.41, 5.74) is 11.7. The van der Waals surface area contributed by atoms with E-state index in [-0.39, 0.29) is 16.7 Å². The maximum absolute atomic E-state index is 11.6. The summed E-state index contributed by atoms with van der Waals surface area (Å²) in [4.78, 5) is 34.8. The first-order valence-electron chi connectivity index (χ1n) is 17.2. The molecule has 0 saturated heterocycles. The smallest absolute Gasteiger partial charge is 0.335 e. The Morgan fingerprint density at radius 1 is 0.389 bits per heavy atom. The molecule has 3 N–H and O–H groups in total. The second-order valence-electron chi connectivity index (χ2n) is 13.1. The van der Waals surface area contributed by atoms with Crippen molar-refractivity contribution in [3.8, 4) is 50.6 Å². The van der Waals surface area contributed by atoms with Crippen LogP contribution in [0.5, 0.6) is 17.2 Å². The molecule has 0 spiro atoms. The van der Waals surface area contributed by atoms with Crippen LogP contribution in [0.25, 0.3) is 33.4 Å². The largest absolute Gasteiger partial charge is 0.496 e. The van der Waals surface area contributed by atoms with Crippen LogP contribution in [0.4, 0.5) is 0 Å². The number of benzene rings is 6. The van der Waals surface area contributed by atoms with Crippen LogP contribution in [0.1, 0.15) is 64.5 Å². The first-order chi connectivity index (χ1) is 26.1. The minimum atomic E-state index is -1.00. The average Bonchev–Trinajstić information content (AvgIpc) is 3.24. The molecule has 6 aromatic carbocycles. The Morgan fingerprint density at radius 2 is 0.611 bits per heavy atom. The standard InChI is InChI=1S/C45H36O9/c1-52-40-22-34-16-32-20-38(26-6-12-29(13-7-26)44(48)49)42(54-3)24-36(32)18-33-21-39(27-8-14-30(15-9-27)45(50)51)41(53-2)23-35(33)17-31(34)19-37(40)25-4-10-28(11-5-25)43(46)47/h4-15,19-24H,16-18H2,1-3H3,(H,46,47)(H,48,49)(H,50,51). The van der Waals surface area contributed by atoms with Crippen LogP contribution in [0.15, 0.2) is 109 Å². The summed E-state index contributed by atoms with van der Waals surface area (Å²) < 4.78 is 17.8. The number of carboxylic acids is 3. The Kier molecular flexibility index (Phi) is 9.63. The number of aromatic carboxylic acids is 3. The highest BCUT2D eigenvalue weighted by Crippen LogP contribution is 2.42. The normalized spacial score (nSPS) is 11.8. The second-order valence-corrected chi connectivity index (χ2v) is 13.1. The lowest BCUT2D eigenvalue weighted by atomic mass is 9.89. The van der Waals surface area contributed by atoms with E-state index in [1.165, 1.54) is 0 Å². The van der Waals surface area contributed by atoms with E-state index < -0.39 is 17.9 Å². The van der Waals surface area contributed by atoms with E-state index in [1.54, 1.807) is 94.1 Å². The Labute approximate surface area is 311 Å². The molecule has 9 heteroatoms. The van der Waals surface area contributed by atoms with Gasteiger partial charge in [0.25, 0.3) is 0 Å². The third kappa shape index (κ3) is 6.87. The maximum Gasteiger partial charge on any atom is 0.335 e. The Balaban J connectivity index is 1.44. The fraction of sp³-hybridized carbons (Fsp3) is 0.133. The van der Waals surface area contributed by atoms with Crippen LogP contribution >= 0.6 is 0 Å². The number of carboxylic acid groups (broad SMARTS) is 3. The molecule has 7 rings (SSSR count). The average molecular weight is 721 g/mol. The van der Waals surface area contributed by atoms with Gasteiger partial charge in [0.05, 0.1) is 38.0 Å². The fourth-order valence-electron chi connectivity index (χ4n) is 7.16. The van der Waals surface area contributed by atoms with E-state index in [0.29, 0.717) is 36.5 Å². The van der Waals surface area contributed by atoms with Crippen molar-refractivity contribution >= 4 is 17.9 Å². The molecule has 0 amide bonds. The van der Waals surface area contributed by atoms with Gasteiger partial charge < -0.3 is 29.5 Å². The molecule has 0 unspecified atom stereocenters. The summed E-state index contributed by atoms with van der Waals surface area (Å²) in [6.45, 7) is 0. The minimum absolute atomic E-state index is 0.190. The van der Waals surface area contributed by atoms with Gasteiger partial charge >= 0.3 is 17.9 Å². The molecule has 1 aliphatic rings. The molecule has 9 nitrogen and oxygen atoms in total. The SMILES string of the molecule is COc1cc2c(cc1-c1ccc(C(=O)O)cc1)Cc1cc(OC)c(-c3ccc(C(=O)O)cc3)cc1Cc1cc(OC)c(-c3ccc(C(=O)O)cc3)cc1C2. The van der Waals surface area contributed by atoms with Crippen molar-refractivity contribution < 1.29 is 43.9 Å². The summed E-state index contributed by atoms with van der Waals surface area (Å²) in [7, 11) is 4.86. The predicted octanol–water partition coefficient (Wildman–Crippen LogP) is 8.89. The molecule has 1 aliphatic carbocycles. The zero-order chi connectivity index (χ0) is 38.1. The van der Waals surface area contributed by atoms with Crippen LogP contribution in [-0.2, 0) is 19.3 Å². The lowest BCUT2D eigenvalue weighted by Gasteiger charge is -2.18. The van der Waals surface area contributed by atoms with Gasteiger partial charge in [-0.1, -0.05) is 36.4 Å². The Bertz CT molecular complexity index is 2150. The summed E-state index contributed by atoms with van der Waals surface area (Å²) in [6.07, 6.45) is 1.66. The monoisotopic (exact) mass is 720 g/mol. The predicted molar refractivity (Wildman–Crippen MR) is 205 cm³/mol. The highest BCUT2D eigenvalue weighted by molar-refractivity contribution is 5.90. The van der Waals surface area contributed by atoms with Gasteiger partial charge in [0.1, 0.15) is 17.2 Å². The topological polar surface area (TPSA) is 140 Å². The van der Waals surface area contributed by atoms with Gasteiger partial charge in [-0.15, -0.1) is 0 Å². The summed E-state index contributed by atoms with van der Waals surface area (Å²) in [5.74, 6) is -1.06. The fourth-order valence-corrected chi connectivity index (χ4v) is 7.16. The molecule has 0 radical (unpaired) electrons. The first kappa shape index (κ1) is 35.5. The number of methoxy groups -OCH3 is 3. The van der Waals surface area contributed by atoms with Gasteiger partial charge in [-0.2, -0.15) is 0 Å². The minimum Gasteiger partial charge on any atom is -0.496 e. The number of fused-ring (bicyclic) bond motifs is 3. The van der Waals surface area contributed by atoms with Crippen molar-refractivity contribution in [3.63, 3.8) is 0 Å². The zero-order valence-corrected chi connectivity index (χ0v) is 29.8. The lowest BCUT2D eigenvalue weighted by Crippen LogP contribution is -2.02. The lowest BCUT2D eigenvalue weighted by molar-refractivity contribution is 0.0686. The van der Waals surface area contributed by atoms with Crippen molar-refractivity contribution in [2.24, 2.45) is 0 Å².